The number of nitrogens with zero attached hydrogens (tertiary/aromatic N) is 4. The van der Waals surface area contributed by atoms with Crippen LogP contribution in [0.15, 0.2) is 30.3 Å². The third-order valence-electron chi connectivity index (χ3n) is 5.21. The molecule has 1 aromatic heterocycles. The van der Waals surface area contributed by atoms with Crippen LogP contribution in [0.1, 0.15) is 30.3 Å². The molecule has 146 valence electrons. The van der Waals surface area contributed by atoms with E-state index in [1.54, 1.807) is 7.11 Å². The summed E-state index contributed by atoms with van der Waals surface area (Å²) in [5.74, 6) is 1.11. The topological polar surface area (TPSA) is 50.6 Å². The second-order valence-corrected chi connectivity index (χ2v) is 7.42. The van der Waals surface area contributed by atoms with Gasteiger partial charge >= 0.3 is 0 Å². The Kier molecular flexibility index (Phi) is 6.16. The first-order valence-corrected chi connectivity index (χ1v) is 9.62. The largest absolute Gasteiger partial charge is 0.497 e. The molecule has 6 nitrogen and oxygen atoms in total. The van der Waals surface area contributed by atoms with Crippen molar-refractivity contribution in [1.82, 2.24) is 19.6 Å². The Hall–Kier alpha value is -2.34. The van der Waals surface area contributed by atoms with E-state index < -0.39 is 0 Å². The summed E-state index contributed by atoms with van der Waals surface area (Å²) in [6, 6.07) is 10.5. The molecule has 0 radical (unpaired) electrons. The zero-order valence-corrected chi connectivity index (χ0v) is 16.8. The van der Waals surface area contributed by atoms with Gasteiger partial charge in [-0.2, -0.15) is 5.10 Å². The summed E-state index contributed by atoms with van der Waals surface area (Å²) in [6.45, 7) is 10.3. The van der Waals surface area contributed by atoms with Gasteiger partial charge in [0.05, 0.1) is 12.8 Å². The lowest BCUT2D eigenvalue weighted by molar-refractivity contribution is -0.136. The molecule has 2 aromatic rings. The smallest absolute Gasteiger partial charge is 0.224 e. The molecule has 1 saturated heterocycles. The fraction of sp³-hybridized carbons (Fsp3) is 0.524. The van der Waals surface area contributed by atoms with Crippen LogP contribution < -0.4 is 4.74 Å². The van der Waals surface area contributed by atoms with E-state index in [1.165, 1.54) is 5.56 Å². The number of rotatable bonds is 6. The molecule has 1 amide bonds. The van der Waals surface area contributed by atoms with Crippen LogP contribution >= 0.6 is 0 Å². The second kappa shape index (κ2) is 8.57. The van der Waals surface area contributed by atoms with Gasteiger partial charge in [-0.15, -0.1) is 0 Å². The van der Waals surface area contributed by atoms with E-state index >= 15 is 0 Å². The highest BCUT2D eigenvalue weighted by Crippen LogP contribution is 2.18. The summed E-state index contributed by atoms with van der Waals surface area (Å²) in [7, 11) is 1.69. The van der Waals surface area contributed by atoms with Crippen molar-refractivity contribution in [1.29, 1.82) is 0 Å². The SMILES string of the molecule is COc1cccc(CN2CCN(C(=O)CCn3nc(C)cc3C)[C@@H](C)C2)c1. The minimum absolute atomic E-state index is 0.219. The molecule has 0 N–H and O–H groups in total. The van der Waals surface area contributed by atoms with Crippen molar-refractivity contribution in [3.05, 3.63) is 47.3 Å². The number of hydrogen-bond donors (Lipinski definition) is 0. The van der Waals surface area contributed by atoms with Gasteiger partial charge in [0.15, 0.2) is 0 Å². The van der Waals surface area contributed by atoms with Gasteiger partial charge in [0.25, 0.3) is 0 Å². The van der Waals surface area contributed by atoms with E-state index in [4.69, 9.17) is 4.74 Å². The van der Waals surface area contributed by atoms with Gasteiger partial charge < -0.3 is 9.64 Å². The molecule has 1 aromatic carbocycles. The molecule has 1 aliphatic heterocycles. The number of carbonyl (C=O) groups is 1. The average Bonchev–Trinajstić information content (AvgIpc) is 2.97. The number of hydrogen-bond acceptors (Lipinski definition) is 4. The summed E-state index contributed by atoms with van der Waals surface area (Å²) in [4.78, 5) is 17.1. The monoisotopic (exact) mass is 370 g/mol. The van der Waals surface area contributed by atoms with Crippen LogP contribution in [0, 0.1) is 13.8 Å². The number of ether oxygens (including phenoxy) is 1. The van der Waals surface area contributed by atoms with Gasteiger partial charge in [-0.25, -0.2) is 0 Å². The molecule has 0 aliphatic carbocycles. The standard InChI is InChI=1S/C21H30N4O2/c1-16-12-17(2)25(22-16)9-8-21(26)24-11-10-23(14-18(24)3)15-19-6-5-7-20(13-19)27-4/h5-7,12-13,18H,8-11,14-15H2,1-4H3/t18-/m0/s1. The highest BCUT2D eigenvalue weighted by Gasteiger charge is 2.27. The number of carbonyl (C=O) groups excluding carboxylic acids is 1. The molecule has 0 unspecified atom stereocenters. The van der Waals surface area contributed by atoms with Crippen LogP contribution in [0.2, 0.25) is 0 Å². The Labute approximate surface area is 161 Å². The molecule has 3 rings (SSSR count). The lowest BCUT2D eigenvalue weighted by atomic mass is 10.1. The van der Waals surface area contributed by atoms with Crippen molar-refractivity contribution in [3.63, 3.8) is 0 Å². The van der Waals surface area contributed by atoms with E-state index in [2.05, 4.69) is 29.1 Å². The quantitative estimate of drug-likeness (QED) is 0.784. The van der Waals surface area contributed by atoms with E-state index in [0.29, 0.717) is 13.0 Å². The van der Waals surface area contributed by atoms with Crippen molar-refractivity contribution in [2.75, 3.05) is 26.7 Å². The van der Waals surface area contributed by atoms with Crippen LogP contribution in [-0.2, 0) is 17.9 Å². The fourth-order valence-electron chi connectivity index (χ4n) is 3.82. The minimum Gasteiger partial charge on any atom is -0.497 e. The minimum atomic E-state index is 0.219. The van der Waals surface area contributed by atoms with E-state index in [0.717, 1.165) is 43.3 Å². The fourth-order valence-corrected chi connectivity index (χ4v) is 3.82. The Morgan fingerprint density at radius 3 is 2.74 bits per heavy atom. The maximum absolute atomic E-state index is 12.7. The summed E-state index contributed by atoms with van der Waals surface area (Å²) >= 11 is 0. The molecule has 1 aliphatic rings. The molecular weight excluding hydrogens is 340 g/mol. The summed E-state index contributed by atoms with van der Waals surface area (Å²) in [6.07, 6.45) is 0.502. The predicted molar refractivity (Wildman–Crippen MR) is 106 cm³/mol. The van der Waals surface area contributed by atoms with Crippen molar-refractivity contribution in [2.24, 2.45) is 0 Å². The molecule has 0 saturated carbocycles. The molecule has 1 fully saturated rings. The maximum atomic E-state index is 12.7. The number of benzene rings is 1. The molecule has 0 spiro atoms. The Balaban J connectivity index is 1.51. The molecule has 27 heavy (non-hydrogen) atoms. The average molecular weight is 370 g/mol. The van der Waals surface area contributed by atoms with Crippen molar-refractivity contribution in [2.45, 2.75) is 46.3 Å². The molecular formula is C21H30N4O2. The first-order valence-electron chi connectivity index (χ1n) is 9.62. The van der Waals surface area contributed by atoms with Crippen molar-refractivity contribution < 1.29 is 9.53 Å². The highest BCUT2D eigenvalue weighted by atomic mass is 16.5. The predicted octanol–water partition coefficient (Wildman–Crippen LogP) is 2.63. The molecule has 6 heteroatoms. The van der Waals surface area contributed by atoms with E-state index in [-0.39, 0.29) is 11.9 Å². The summed E-state index contributed by atoms with van der Waals surface area (Å²) < 4.78 is 7.24. The van der Waals surface area contributed by atoms with Gasteiger partial charge in [-0.1, -0.05) is 12.1 Å². The van der Waals surface area contributed by atoms with Gasteiger partial charge in [0.2, 0.25) is 5.91 Å². The number of aryl methyl sites for hydroxylation is 3. The van der Waals surface area contributed by atoms with E-state index in [1.807, 2.05) is 41.6 Å². The lowest BCUT2D eigenvalue weighted by Crippen LogP contribution is -2.53. The van der Waals surface area contributed by atoms with Crippen LogP contribution in [-0.4, -0.2) is 58.3 Å². The summed E-state index contributed by atoms with van der Waals surface area (Å²) in [5, 5.41) is 4.45. The third-order valence-corrected chi connectivity index (χ3v) is 5.21. The number of amides is 1. The van der Waals surface area contributed by atoms with Crippen molar-refractivity contribution >= 4 is 5.91 Å². The van der Waals surface area contributed by atoms with Gasteiger partial charge in [-0.3, -0.25) is 14.4 Å². The van der Waals surface area contributed by atoms with Crippen LogP contribution in [0.4, 0.5) is 0 Å². The molecule has 2 heterocycles. The Morgan fingerprint density at radius 2 is 2.07 bits per heavy atom. The number of methoxy groups -OCH3 is 1. The molecule has 0 bridgehead atoms. The Morgan fingerprint density at radius 1 is 1.26 bits per heavy atom. The number of aromatic nitrogens is 2. The zero-order valence-electron chi connectivity index (χ0n) is 16.8. The molecule has 1 atom stereocenters. The first kappa shape index (κ1) is 19.4. The lowest BCUT2D eigenvalue weighted by Gasteiger charge is -2.40. The highest BCUT2D eigenvalue weighted by molar-refractivity contribution is 5.76. The zero-order chi connectivity index (χ0) is 19.4. The summed E-state index contributed by atoms with van der Waals surface area (Å²) in [5.41, 5.74) is 3.35. The van der Waals surface area contributed by atoms with Crippen LogP contribution in [0.5, 0.6) is 5.75 Å². The number of piperazine rings is 1. The van der Waals surface area contributed by atoms with Gasteiger partial charge in [-0.05, 0) is 44.5 Å². The maximum Gasteiger partial charge on any atom is 0.224 e. The van der Waals surface area contributed by atoms with Crippen LogP contribution in [0.25, 0.3) is 0 Å². The van der Waals surface area contributed by atoms with Crippen molar-refractivity contribution in [3.8, 4) is 5.75 Å². The normalized spacial score (nSPS) is 17.9. The second-order valence-electron chi connectivity index (χ2n) is 7.42. The Bertz CT molecular complexity index is 786. The van der Waals surface area contributed by atoms with Gasteiger partial charge in [0.1, 0.15) is 5.75 Å². The van der Waals surface area contributed by atoms with E-state index in [9.17, 15) is 4.79 Å². The van der Waals surface area contributed by atoms with Crippen LogP contribution in [0.3, 0.4) is 0 Å². The third kappa shape index (κ3) is 4.89. The van der Waals surface area contributed by atoms with Gasteiger partial charge in [0, 0.05) is 50.9 Å². The first-order chi connectivity index (χ1) is 13.0.